The van der Waals surface area contributed by atoms with E-state index in [0.29, 0.717) is 47.2 Å². The first-order valence-corrected chi connectivity index (χ1v) is 11.8. The van der Waals surface area contributed by atoms with Gasteiger partial charge in [-0.2, -0.15) is 0 Å². The molecule has 1 aliphatic carbocycles. The number of aromatic amines is 1. The number of pyridine rings is 1. The lowest BCUT2D eigenvalue weighted by Crippen LogP contribution is -2.52. The number of H-pyrrole nitrogens is 1. The van der Waals surface area contributed by atoms with Gasteiger partial charge < -0.3 is 15.1 Å². The predicted molar refractivity (Wildman–Crippen MR) is 132 cm³/mol. The first kappa shape index (κ1) is 23.4. The molecule has 0 bridgehead atoms. The Kier molecular flexibility index (Phi) is 5.38. The molecule has 0 unspecified atom stereocenters. The molecule has 10 heteroatoms. The first-order chi connectivity index (χ1) is 17.7. The van der Waals surface area contributed by atoms with Gasteiger partial charge in [-0.25, -0.2) is 23.1 Å². The summed E-state index contributed by atoms with van der Waals surface area (Å²) in [7, 11) is 0. The number of anilines is 2. The van der Waals surface area contributed by atoms with Crippen LogP contribution in [-0.2, 0) is 17.9 Å². The topological polar surface area (TPSA) is 91.0 Å². The van der Waals surface area contributed by atoms with Crippen LogP contribution in [0.5, 0.6) is 0 Å². The van der Waals surface area contributed by atoms with E-state index >= 15 is 0 Å². The van der Waals surface area contributed by atoms with E-state index in [9.17, 15) is 22.8 Å². The van der Waals surface area contributed by atoms with Gasteiger partial charge in [-0.15, -0.1) is 0 Å². The van der Waals surface area contributed by atoms with Gasteiger partial charge >= 0.3 is 0 Å². The molecule has 0 atom stereocenters. The standard InChI is InChI=1S/C27H22F3N5O2/c28-22-9-32-23(34-24(22)33-20-3-4-21-16(8-20)5-6-31-25(21)37)17-1-2-18-10-35(11-19(18)7-17)14-26(15-36)12-27(29,30)13-26/h1-9,15H,10-14H2,(H,31,37)(H,32,33,34). The van der Waals surface area contributed by atoms with Crippen molar-refractivity contribution in [2.24, 2.45) is 5.41 Å². The van der Waals surface area contributed by atoms with Gasteiger partial charge in [-0.1, -0.05) is 12.1 Å². The van der Waals surface area contributed by atoms with Gasteiger partial charge in [0.2, 0.25) is 5.92 Å². The van der Waals surface area contributed by atoms with E-state index in [2.05, 4.69) is 20.3 Å². The zero-order valence-electron chi connectivity index (χ0n) is 19.6. The lowest BCUT2D eigenvalue weighted by atomic mass is 9.67. The van der Waals surface area contributed by atoms with E-state index in [1.165, 1.54) is 0 Å². The number of carbonyl (C=O) groups is 1. The lowest BCUT2D eigenvalue weighted by molar-refractivity contribution is -0.172. The summed E-state index contributed by atoms with van der Waals surface area (Å²) in [4.78, 5) is 36.6. The summed E-state index contributed by atoms with van der Waals surface area (Å²) in [5.74, 6) is -3.07. The summed E-state index contributed by atoms with van der Waals surface area (Å²) < 4.78 is 41.5. The number of nitrogens with zero attached hydrogens (tertiary/aromatic N) is 3. The molecule has 6 rings (SSSR count). The third-order valence-electron chi connectivity index (χ3n) is 7.04. The molecule has 2 N–H and O–H groups in total. The summed E-state index contributed by atoms with van der Waals surface area (Å²) in [6.45, 7) is 1.38. The molecule has 1 aliphatic heterocycles. The molecule has 2 aliphatic rings. The average molecular weight is 506 g/mol. The maximum absolute atomic E-state index is 14.6. The Hall–Kier alpha value is -4.05. The van der Waals surface area contributed by atoms with Crippen LogP contribution < -0.4 is 10.9 Å². The zero-order valence-corrected chi connectivity index (χ0v) is 19.6. The van der Waals surface area contributed by atoms with Crippen LogP contribution in [0.25, 0.3) is 22.2 Å². The molecule has 2 aromatic heterocycles. The molecule has 0 spiro atoms. The number of halogens is 3. The number of benzene rings is 2. The van der Waals surface area contributed by atoms with Crippen LogP contribution in [0.15, 0.2) is 59.7 Å². The number of nitrogens with one attached hydrogen (secondary N) is 2. The molecular formula is C27H22F3N5O2. The summed E-state index contributed by atoms with van der Waals surface area (Å²) >= 11 is 0. The van der Waals surface area contributed by atoms with Gasteiger partial charge in [0.15, 0.2) is 17.5 Å². The molecule has 0 amide bonds. The fourth-order valence-corrected chi connectivity index (χ4v) is 5.37. The minimum atomic E-state index is -2.77. The SMILES string of the molecule is O=CC1(CN2Cc3ccc(-c4ncc(F)c(Nc5ccc6c(=O)[nH]ccc6c5)n4)cc3C2)CC(F)(F)C1. The number of aldehydes is 1. The fourth-order valence-electron chi connectivity index (χ4n) is 5.37. The molecule has 188 valence electrons. The Morgan fingerprint density at radius 3 is 2.68 bits per heavy atom. The van der Waals surface area contributed by atoms with Crippen molar-refractivity contribution in [2.75, 3.05) is 11.9 Å². The minimum Gasteiger partial charge on any atom is -0.338 e. The molecule has 37 heavy (non-hydrogen) atoms. The second-order valence-corrected chi connectivity index (χ2v) is 9.94. The number of alkyl halides is 2. The van der Waals surface area contributed by atoms with E-state index < -0.39 is 30.0 Å². The number of aromatic nitrogens is 3. The van der Waals surface area contributed by atoms with Crippen molar-refractivity contribution in [1.82, 2.24) is 19.9 Å². The maximum atomic E-state index is 14.6. The second-order valence-electron chi connectivity index (χ2n) is 9.94. The van der Waals surface area contributed by atoms with Crippen LogP contribution in [0.1, 0.15) is 24.0 Å². The smallest absolute Gasteiger partial charge is 0.255 e. The van der Waals surface area contributed by atoms with E-state index in [4.69, 9.17) is 0 Å². The highest BCUT2D eigenvalue weighted by Gasteiger charge is 2.57. The molecule has 0 radical (unpaired) electrons. The van der Waals surface area contributed by atoms with Crippen LogP contribution in [-0.4, -0.2) is 38.6 Å². The zero-order chi connectivity index (χ0) is 25.8. The van der Waals surface area contributed by atoms with Gasteiger partial charge in [0.1, 0.15) is 6.29 Å². The molecule has 1 saturated carbocycles. The molecule has 3 heterocycles. The van der Waals surface area contributed by atoms with Crippen LogP contribution in [0.4, 0.5) is 24.7 Å². The maximum Gasteiger partial charge on any atom is 0.255 e. The van der Waals surface area contributed by atoms with Crippen molar-refractivity contribution in [3.63, 3.8) is 0 Å². The van der Waals surface area contributed by atoms with Gasteiger partial charge in [0, 0.05) is 55.3 Å². The molecule has 2 aromatic carbocycles. The van der Waals surface area contributed by atoms with Crippen LogP contribution in [0, 0.1) is 11.2 Å². The fraction of sp³-hybridized carbons (Fsp3) is 0.259. The molecule has 7 nitrogen and oxygen atoms in total. The van der Waals surface area contributed by atoms with Gasteiger partial charge in [-0.05, 0) is 46.8 Å². The van der Waals surface area contributed by atoms with Gasteiger partial charge in [-0.3, -0.25) is 9.69 Å². The summed E-state index contributed by atoms with van der Waals surface area (Å²) in [5.41, 5.74) is 2.09. The number of hydrogen-bond acceptors (Lipinski definition) is 6. The van der Waals surface area contributed by atoms with Crippen LogP contribution >= 0.6 is 0 Å². The summed E-state index contributed by atoms with van der Waals surface area (Å²) in [5, 5.41) is 4.19. The Labute approximate surface area is 209 Å². The number of hydrogen-bond donors (Lipinski definition) is 2. The number of carbonyl (C=O) groups excluding carboxylic acids is 1. The summed E-state index contributed by atoms with van der Waals surface area (Å²) in [6, 6.07) is 12.5. The average Bonchev–Trinajstić information content (AvgIpc) is 3.25. The molecule has 1 fully saturated rings. The number of rotatable bonds is 6. The second kappa shape index (κ2) is 8.52. The predicted octanol–water partition coefficient (Wildman–Crippen LogP) is 4.80. The van der Waals surface area contributed by atoms with Crippen molar-refractivity contribution < 1.29 is 18.0 Å². The Balaban J connectivity index is 1.22. The lowest BCUT2D eigenvalue weighted by Gasteiger charge is -2.45. The van der Waals surface area contributed by atoms with Crippen molar-refractivity contribution in [2.45, 2.75) is 31.9 Å². The third-order valence-corrected chi connectivity index (χ3v) is 7.04. The minimum absolute atomic E-state index is 0.00449. The normalized spacial score (nSPS) is 17.8. The van der Waals surface area contributed by atoms with Crippen molar-refractivity contribution in [3.8, 4) is 11.4 Å². The molecular weight excluding hydrogens is 483 g/mol. The largest absolute Gasteiger partial charge is 0.338 e. The highest BCUT2D eigenvalue weighted by Crippen LogP contribution is 2.51. The van der Waals surface area contributed by atoms with Crippen LogP contribution in [0.2, 0.25) is 0 Å². The van der Waals surface area contributed by atoms with Gasteiger partial charge in [0.25, 0.3) is 5.56 Å². The van der Waals surface area contributed by atoms with Crippen molar-refractivity contribution in [3.05, 3.63) is 82.2 Å². The quantitative estimate of drug-likeness (QED) is 0.366. The highest BCUT2D eigenvalue weighted by atomic mass is 19.3. The van der Waals surface area contributed by atoms with E-state index in [1.807, 2.05) is 23.1 Å². The van der Waals surface area contributed by atoms with E-state index in [0.717, 1.165) is 17.3 Å². The van der Waals surface area contributed by atoms with E-state index in [1.54, 1.807) is 30.5 Å². The third kappa shape index (κ3) is 4.37. The van der Waals surface area contributed by atoms with Crippen molar-refractivity contribution >= 4 is 28.6 Å². The number of fused-ring (bicyclic) bond motifs is 2. The Morgan fingerprint density at radius 1 is 1.08 bits per heavy atom. The monoisotopic (exact) mass is 505 g/mol. The first-order valence-electron chi connectivity index (χ1n) is 11.8. The molecule has 4 aromatic rings. The highest BCUT2D eigenvalue weighted by molar-refractivity contribution is 5.85. The molecule has 0 saturated heterocycles. The van der Waals surface area contributed by atoms with Crippen molar-refractivity contribution in [1.29, 1.82) is 0 Å². The summed E-state index contributed by atoms with van der Waals surface area (Å²) in [6.07, 6.45) is 2.50. The Morgan fingerprint density at radius 2 is 1.89 bits per heavy atom. The van der Waals surface area contributed by atoms with Crippen LogP contribution in [0.3, 0.4) is 0 Å². The van der Waals surface area contributed by atoms with Gasteiger partial charge in [0.05, 0.1) is 11.6 Å². The Bertz CT molecular complexity index is 1600. The van der Waals surface area contributed by atoms with E-state index in [-0.39, 0.29) is 17.9 Å².